The summed E-state index contributed by atoms with van der Waals surface area (Å²) in [6.45, 7) is 8.94. The average molecular weight is 433 g/mol. The summed E-state index contributed by atoms with van der Waals surface area (Å²) in [6, 6.07) is 15.0. The summed E-state index contributed by atoms with van der Waals surface area (Å²) in [5.41, 5.74) is 3.09. The Labute approximate surface area is 180 Å². The van der Waals surface area contributed by atoms with Crippen LogP contribution in [0.4, 0.5) is 5.69 Å². The molecule has 2 aromatic rings. The molecule has 0 aliphatic carbocycles. The molecule has 0 saturated heterocycles. The van der Waals surface area contributed by atoms with Crippen molar-refractivity contribution in [3.8, 4) is 0 Å². The highest BCUT2D eigenvalue weighted by Crippen LogP contribution is 2.21. The Kier molecular flexibility index (Phi) is 8.18. The lowest BCUT2D eigenvalue weighted by atomic mass is 9.93. The first-order valence-electron chi connectivity index (χ1n) is 10.3. The van der Waals surface area contributed by atoms with Gasteiger partial charge in [-0.2, -0.15) is 0 Å². The highest BCUT2D eigenvalue weighted by molar-refractivity contribution is 7.89. The molecular weight excluding hydrogens is 398 g/mol. The predicted octanol–water partition coefficient (Wildman–Crippen LogP) is 2.96. The molecule has 2 rings (SSSR count). The van der Waals surface area contributed by atoms with Crippen LogP contribution in [0.3, 0.4) is 0 Å². The van der Waals surface area contributed by atoms with Crippen LogP contribution in [0.5, 0.6) is 0 Å². The van der Waals surface area contributed by atoms with Crippen molar-refractivity contribution in [2.75, 3.05) is 26.0 Å². The molecule has 1 atom stereocenters. The highest BCUT2D eigenvalue weighted by atomic mass is 32.2. The van der Waals surface area contributed by atoms with E-state index in [0.29, 0.717) is 17.5 Å². The Balaban J connectivity index is 1.99. The number of quaternary nitrogens is 1. The second-order valence-electron chi connectivity index (χ2n) is 8.39. The maximum absolute atomic E-state index is 12.4. The summed E-state index contributed by atoms with van der Waals surface area (Å²) >= 11 is 0. The lowest BCUT2D eigenvalue weighted by Crippen LogP contribution is -2.88. The van der Waals surface area contributed by atoms with E-state index in [1.807, 2.05) is 0 Å². The third-order valence-corrected chi connectivity index (χ3v) is 7.01. The number of hydrogen-bond acceptors (Lipinski definition) is 3. The smallest absolute Gasteiger partial charge is 0.279 e. The van der Waals surface area contributed by atoms with E-state index >= 15 is 0 Å². The number of rotatable bonds is 9. The third kappa shape index (κ3) is 6.14. The van der Waals surface area contributed by atoms with Gasteiger partial charge in [0.15, 0.2) is 6.54 Å². The summed E-state index contributed by atoms with van der Waals surface area (Å²) < 4.78 is 25.4. The van der Waals surface area contributed by atoms with Gasteiger partial charge in [-0.25, -0.2) is 12.7 Å². The van der Waals surface area contributed by atoms with Crippen LogP contribution in [-0.4, -0.2) is 39.3 Å². The molecule has 0 aliphatic rings. The van der Waals surface area contributed by atoms with Crippen LogP contribution >= 0.6 is 0 Å². The van der Waals surface area contributed by atoms with Gasteiger partial charge in [0.1, 0.15) is 6.04 Å². The van der Waals surface area contributed by atoms with Crippen LogP contribution < -0.4 is 10.6 Å². The van der Waals surface area contributed by atoms with Gasteiger partial charge in [0.25, 0.3) is 5.91 Å². The van der Waals surface area contributed by atoms with Gasteiger partial charge >= 0.3 is 0 Å². The molecule has 6 nitrogen and oxygen atoms in total. The number of amides is 1. The number of benzene rings is 2. The van der Waals surface area contributed by atoms with Gasteiger partial charge < -0.3 is 10.6 Å². The Hall–Kier alpha value is -2.22. The van der Waals surface area contributed by atoms with Crippen molar-refractivity contribution < 1.29 is 18.5 Å². The fourth-order valence-electron chi connectivity index (χ4n) is 3.26. The normalized spacial score (nSPS) is 13.1. The summed E-state index contributed by atoms with van der Waals surface area (Å²) in [6.07, 6.45) is 0. The quantitative estimate of drug-likeness (QED) is 0.639. The molecule has 0 bridgehead atoms. The van der Waals surface area contributed by atoms with E-state index in [4.69, 9.17) is 0 Å². The van der Waals surface area contributed by atoms with E-state index in [-0.39, 0.29) is 23.4 Å². The molecular formula is C23H34N3O3S+. The Bertz CT molecular complexity index is 935. The van der Waals surface area contributed by atoms with Gasteiger partial charge in [0, 0.05) is 31.3 Å². The minimum absolute atomic E-state index is 0.123. The second kappa shape index (κ2) is 10.2. The van der Waals surface area contributed by atoms with Crippen molar-refractivity contribution in [2.24, 2.45) is 5.92 Å². The Morgan fingerprint density at radius 3 is 1.93 bits per heavy atom. The summed E-state index contributed by atoms with van der Waals surface area (Å²) in [5.74, 6) is 0.742. The van der Waals surface area contributed by atoms with E-state index in [9.17, 15) is 13.2 Å². The zero-order valence-corrected chi connectivity index (χ0v) is 19.5. The zero-order chi connectivity index (χ0) is 22.5. The molecule has 0 unspecified atom stereocenters. The van der Waals surface area contributed by atoms with Crippen molar-refractivity contribution in [1.82, 2.24) is 4.31 Å². The number of carbonyl (C=O) groups excluding carboxylic acids is 1. The Morgan fingerprint density at radius 1 is 0.933 bits per heavy atom. The standard InChI is InChI=1S/C23H33N3O3S/c1-16(2)18-7-9-19(10-8-18)23(17(3)4)24-15-22(27)25-20-11-13-21(14-12-20)30(28,29)26(5)6/h7-14,16-17,23-24H,15H2,1-6H3,(H,25,27)/p+1/t23-/m1/s1. The van der Waals surface area contributed by atoms with E-state index in [2.05, 4.69) is 62.6 Å². The minimum atomic E-state index is -3.48. The van der Waals surface area contributed by atoms with Gasteiger partial charge in [0.05, 0.1) is 4.90 Å². The van der Waals surface area contributed by atoms with E-state index in [1.54, 1.807) is 12.1 Å². The van der Waals surface area contributed by atoms with Gasteiger partial charge in [0.2, 0.25) is 10.0 Å². The molecule has 0 saturated carbocycles. The molecule has 164 valence electrons. The van der Waals surface area contributed by atoms with Crippen molar-refractivity contribution in [1.29, 1.82) is 0 Å². The van der Waals surface area contributed by atoms with Crippen molar-refractivity contribution >= 4 is 21.6 Å². The maximum Gasteiger partial charge on any atom is 0.279 e. The fourth-order valence-corrected chi connectivity index (χ4v) is 4.17. The van der Waals surface area contributed by atoms with Gasteiger partial charge in [-0.15, -0.1) is 0 Å². The molecule has 7 heteroatoms. The molecule has 0 fully saturated rings. The van der Waals surface area contributed by atoms with Gasteiger partial charge in [-0.3, -0.25) is 4.79 Å². The van der Waals surface area contributed by atoms with Crippen molar-refractivity contribution in [2.45, 2.75) is 44.6 Å². The number of nitrogens with zero attached hydrogens (tertiary/aromatic N) is 1. The Morgan fingerprint density at radius 2 is 1.47 bits per heavy atom. The first-order valence-corrected chi connectivity index (χ1v) is 11.7. The van der Waals surface area contributed by atoms with E-state index < -0.39 is 10.0 Å². The molecule has 0 aliphatic heterocycles. The van der Waals surface area contributed by atoms with Gasteiger partial charge in [-0.05, 0) is 35.7 Å². The van der Waals surface area contributed by atoms with E-state index in [1.165, 1.54) is 37.4 Å². The first kappa shape index (κ1) is 24.1. The number of hydrogen-bond donors (Lipinski definition) is 2. The lowest BCUT2D eigenvalue weighted by Gasteiger charge is -2.20. The van der Waals surface area contributed by atoms with Crippen LogP contribution in [0.25, 0.3) is 0 Å². The molecule has 0 heterocycles. The topological polar surface area (TPSA) is 83.1 Å². The van der Waals surface area contributed by atoms with Crippen molar-refractivity contribution in [3.05, 3.63) is 59.7 Å². The number of sulfonamides is 1. The minimum Gasteiger partial charge on any atom is -0.332 e. The van der Waals surface area contributed by atoms with Crippen LogP contribution in [0.2, 0.25) is 0 Å². The molecule has 0 spiro atoms. The number of anilines is 1. The second-order valence-corrected chi connectivity index (χ2v) is 10.5. The number of carbonyl (C=O) groups is 1. The van der Waals surface area contributed by atoms with Crippen LogP contribution in [-0.2, 0) is 14.8 Å². The maximum atomic E-state index is 12.4. The van der Waals surface area contributed by atoms with Crippen LogP contribution in [0, 0.1) is 5.92 Å². The molecule has 30 heavy (non-hydrogen) atoms. The summed E-state index contributed by atoms with van der Waals surface area (Å²) in [7, 11) is -0.501. The van der Waals surface area contributed by atoms with Crippen LogP contribution in [0.15, 0.2) is 53.4 Å². The molecule has 0 radical (unpaired) electrons. The largest absolute Gasteiger partial charge is 0.332 e. The summed E-state index contributed by atoms with van der Waals surface area (Å²) in [5, 5.41) is 4.89. The first-order chi connectivity index (χ1) is 14.0. The lowest BCUT2D eigenvalue weighted by molar-refractivity contribution is -0.692. The molecule has 1 amide bonds. The number of nitrogens with one attached hydrogen (secondary N) is 1. The summed E-state index contributed by atoms with van der Waals surface area (Å²) in [4.78, 5) is 12.6. The average Bonchev–Trinajstić information content (AvgIpc) is 2.68. The number of nitrogens with two attached hydrogens (primary N) is 1. The van der Waals surface area contributed by atoms with Crippen molar-refractivity contribution in [3.63, 3.8) is 0 Å². The zero-order valence-electron chi connectivity index (χ0n) is 18.7. The fraction of sp³-hybridized carbons (Fsp3) is 0.435. The third-order valence-electron chi connectivity index (χ3n) is 5.18. The molecule has 0 aromatic heterocycles. The van der Waals surface area contributed by atoms with Crippen LogP contribution in [0.1, 0.15) is 50.8 Å². The molecule has 2 aromatic carbocycles. The molecule has 3 N–H and O–H groups in total. The highest BCUT2D eigenvalue weighted by Gasteiger charge is 2.21. The SMILES string of the molecule is CC(C)c1ccc([C@H]([NH2+]CC(=O)Nc2ccc(S(=O)(=O)N(C)C)cc2)C(C)C)cc1. The monoisotopic (exact) mass is 432 g/mol. The van der Waals surface area contributed by atoms with Gasteiger partial charge in [-0.1, -0.05) is 52.0 Å². The predicted molar refractivity (Wildman–Crippen MR) is 121 cm³/mol. The van der Waals surface area contributed by atoms with E-state index in [0.717, 1.165) is 4.31 Å².